The Labute approximate surface area is 75.7 Å². The zero-order valence-corrected chi connectivity index (χ0v) is 7.03. The van der Waals surface area contributed by atoms with Crippen LogP contribution in [0.3, 0.4) is 0 Å². The lowest BCUT2D eigenvalue weighted by atomic mass is 10.1. The molecule has 0 bridgehead atoms. The molecule has 1 aromatic carbocycles. The smallest absolute Gasteiger partial charge is 0.207 e. The fourth-order valence-corrected chi connectivity index (χ4v) is 1.00. The van der Waals surface area contributed by atoms with Gasteiger partial charge in [0.25, 0.3) is 0 Å². The molecule has 0 spiro atoms. The van der Waals surface area contributed by atoms with Gasteiger partial charge in [0.2, 0.25) is 6.41 Å². The second kappa shape index (κ2) is 4.57. The van der Waals surface area contributed by atoms with Crippen molar-refractivity contribution in [3.05, 3.63) is 35.6 Å². The molecule has 0 saturated carbocycles. The van der Waals surface area contributed by atoms with E-state index >= 15 is 0 Å². The van der Waals surface area contributed by atoms with E-state index in [1.807, 2.05) is 0 Å². The topological polar surface area (TPSA) is 55.1 Å². The summed E-state index contributed by atoms with van der Waals surface area (Å²) in [5.74, 6) is -0.292. The number of rotatable bonds is 4. The minimum Gasteiger partial charge on any atom is -0.357 e. The van der Waals surface area contributed by atoms with Crippen LogP contribution in [0.4, 0.5) is 4.39 Å². The maximum absolute atomic E-state index is 12.5. The lowest BCUT2D eigenvalue weighted by Crippen LogP contribution is -2.25. The molecule has 0 aromatic heterocycles. The van der Waals surface area contributed by atoms with Crippen LogP contribution in [-0.4, -0.2) is 13.0 Å². The van der Waals surface area contributed by atoms with Crippen LogP contribution in [0, 0.1) is 5.82 Å². The van der Waals surface area contributed by atoms with E-state index in [9.17, 15) is 9.18 Å². The summed E-state index contributed by atoms with van der Waals surface area (Å²) in [6.07, 6.45) is 0.587. The predicted octanol–water partition coefficient (Wildman–Crippen LogP) is 0.571. The lowest BCUT2D eigenvalue weighted by molar-refractivity contribution is -0.109. The molecule has 1 atom stereocenters. The molecule has 1 rings (SSSR count). The molecule has 0 heterocycles. The van der Waals surface area contributed by atoms with Crippen LogP contribution in [0.1, 0.15) is 11.6 Å². The van der Waals surface area contributed by atoms with Crippen LogP contribution < -0.4 is 11.1 Å². The van der Waals surface area contributed by atoms with Gasteiger partial charge < -0.3 is 11.1 Å². The largest absolute Gasteiger partial charge is 0.357 e. The average Bonchev–Trinajstić information content (AvgIpc) is 2.15. The third-order valence-electron chi connectivity index (χ3n) is 1.72. The molecule has 13 heavy (non-hydrogen) atoms. The Balaban J connectivity index is 2.60. The van der Waals surface area contributed by atoms with Crippen molar-refractivity contribution in [1.29, 1.82) is 0 Å². The van der Waals surface area contributed by atoms with Gasteiger partial charge in [0, 0.05) is 12.6 Å². The first-order valence-corrected chi connectivity index (χ1v) is 3.92. The summed E-state index contributed by atoms with van der Waals surface area (Å²) >= 11 is 0. The van der Waals surface area contributed by atoms with Gasteiger partial charge in [0.15, 0.2) is 0 Å². The van der Waals surface area contributed by atoms with Crippen LogP contribution in [0.5, 0.6) is 0 Å². The van der Waals surface area contributed by atoms with Gasteiger partial charge in [-0.25, -0.2) is 4.39 Å². The Kier molecular flexibility index (Phi) is 3.40. The van der Waals surface area contributed by atoms with Crippen molar-refractivity contribution in [1.82, 2.24) is 5.32 Å². The summed E-state index contributed by atoms with van der Waals surface area (Å²) in [5.41, 5.74) is 6.49. The normalized spacial score (nSPS) is 12.2. The quantitative estimate of drug-likeness (QED) is 0.669. The molecule has 4 heteroatoms. The Bertz CT molecular complexity index is 273. The van der Waals surface area contributed by atoms with E-state index in [-0.39, 0.29) is 11.9 Å². The first kappa shape index (κ1) is 9.67. The van der Waals surface area contributed by atoms with Crippen molar-refractivity contribution < 1.29 is 9.18 Å². The first-order chi connectivity index (χ1) is 6.24. The van der Waals surface area contributed by atoms with E-state index in [2.05, 4.69) is 5.32 Å². The van der Waals surface area contributed by atoms with Crippen molar-refractivity contribution >= 4 is 6.41 Å². The average molecular weight is 182 g/mol. The molecular weight excluding hydrogens is 171 g/mol. The van der Waals surface area contributed by atoms with Gasteiger partial charge in [-0.1, -0.05) is 12.1 Å². The molecule has 0 aliphatic carbocycles. The molecule has 1 amide bonds. The molecule has 1 aromatic rings. The fraction of sp³-hybridized carbons (Fsp3) is 0.222. The van der Waals surface area contributed by atoms with Gasteiger partial charge >= 0.3 is 0 Å². The van der Waals surface area contributed by atoms with Crippen LogP contribution >= 0.6 is 0 Å². The van der Waals surface area contributed by atoms with Gasteiger partial charge in [-0.05, 0) is 17.7 Å². The molecule has 0 radical (unpaired) electrons. The van der Waals surface area contributed by atoms with Crippen LogP contribution in [-0.2, 0) is 4.79 Å². The molecule has 0 aliphatic heterocycles. The third-order valence-corrected chi connectivity index (χ3v) is 1.72. The summed E-state index contributed by atoms with van der Waals surface area (Å²) in [7, 11) is 0. The van der Waals surface area contributed by atoms with Crippen molar-refractivity contribution in [2.75, 3.05) is 6.54 Å². The number of hydrogen-bond donors (Lipinski definition) is 2. The predicted molar refractivity (Wildman–Crippen MR) is 47.4 cm³/mol. The minimum absolute atomic E-state index is 0.286. The number of carbonyl (C=O) groups is 1. The number of hydrogen-bond acceptors (Lipinski definition) is 2. The maximum atomic E-state index is 12.5. The van der Waals surface area contributed by atoms with Crippen LogP contribution in [0.2, 0.25) is 0 Å². The van der Waals surface area contributed by atoms with Crippen LogP contribution in [0.25, 0.3) is 0 Å². The highest BCUT2D eigenvalue weighted by Crippen LogP contribution is 2.09. The van der Waals surface area contributed by atoms with E-state index in [0.29, 0.717) is 13.0 Å². The lowest BCUT2D eigenvalue weighted by Gasteiger charge is -2.10. The second-order valence-corrected chi connectivity index (χ2v) is 2.68. The summed E-state index contributed by atoms with van der Waals surface area (Å²) in [6, 6.07) is 5.61. The molecule has 0 saturated heterocycles. The number of nitrogens with one attached hydrogen (secondary N) is 1. The third kappa shape index (κ3) is 2.83. The monoisotopic (exact) mass is 182 g/mol. The van der Waals surface area contributed by atoms with Gasteiger partial charge in [0.1, 0.15) is 5.82 Å². The second-order valence-electron chi connectivity index (χ2n) is 2.68. The van der Waals surface area contributed by atoms with Gasteiger partial charge in [-0.15, -0.1) is 0 Å². The first-order valence-electron chi connectivity index (χ1n) is 3.92. The molecule has 0 fully saturated rings. The van der Waals surface area contributed by atoms with Crippen molar-refractivity contribution in [2.24, 2.45) is 5.73 Å². The number of amides is 1. The Morgan fingerprint density at radius 2 is 2.08 bits per heavy atom. The maximum Gasteiger partial charge on any atom is 0.207 e. The van der Waals surface area contributed by atoms with Crippen molar-refractivity contribution in [3.8, 4) is 0 Å². The molecule has 0 aliphatic rings. The standard InChI is InChI=1S/C9H11FN2O/c10-8-3-1-7(2-4-8)9(11)5-12-6-13/h1-4,6,9H,5,11H2,(H,12,13). The summed E-state index contributed by atoms with van der Waals surface area (Å²) in [5, 5.41) is 2.46. The van der Waals surface area contributed by atoms with E-state index in [1.54, 1.807) is 12.1 Å². The highest BCUT2D eigenvalue weighted by molar-refractivity contribution is 5.46. The van der Waals surface area contributed by atoms with Gasteiger partial charge in [-0.3, -0.25) is 4.79 Å². The Hall–Kier alpha value is -1.42. The van der Waals surface area contributed by atoms with E-state index in [4.69, 9.17) is 5.73 Å². The van der Waals surface area contributed by atoms with Gasteiger partial charge in [-0.2, -0.15) is 0 Å². The van der Waals surface area contributed by atoms with E-state index in [1.165, 1.54) is 12.1 Å². The van der Waals surface area contributed by atoms with Crippen molar-refractivity contribution in [2.45, 2.75) is 6.04 Å². The molecule has 1 unspecified atom stereocenters. The molecule has 3 nitrogen and oxygen atoms in total. The number of nitrogens with two attached hydrogens (primary N) is 1. The summed E-state index contributed by atoms with van der Waals surface area (Å²) in [4.78, 5) is 9.97. The minimum atomic E-state index is -0.292. The van der Waals surface area contributed by atoms with E-state index < -0.39 is 0 Å². The Morgan fingerprint density at radius 3 is 2.62 bits per heavy atom. The molecule has 70 valence electrons. The van der Waals surface area contributed by atoms with E-state index in [0.717, 1.165) is 5.56 Å². The summed E-state index contributed by atoms with van der Waals surface area (Å²) < 4.78 is 12.5. The number of carbonyl (C=O) groups excluding carboxylic acids is 1. The fourth-order valence-electron chi connectivity index (χ4n) is 1.00. The SMILES string of the molecule is NC(CNC=O)c1ccc(F)cc1. The zero-order chi connectivity index (χ0) is 9.68. The Morgan fingerprint density at radius 1 is 1.46 bits per heavy atom. The number of halogens is 1. The van der Waals surface area contributed by atoms with Crippen LogP contribution in [0.15, 0.2) is 24.3 Å². The summed E-state index contributed by atoms with van der Waals surface area (Å²) in [6.45, 7) is 0.356. The zero-order valence-electron chi connectivity index (χ0n) is 7.03. The molecule has 3 N–H and O–H groups in total. The van der Waals surface area contributed by atoms with Crippen molar-refractivity contribution in [3.63, 3.8) is 0 Å². The number of benzene rings is 1. The van der Waals surface area contributed by atoms with Gasteiger partial charge in [0.05, 0.1) is 0 Å². The molecular formula is C9H11FN2O. The highest BCUT2D eigenvalue weighted by Gasteiger charge is 2.04. The highest BCUT2D eigenvalue weighted by atomic mass is 19.1.